The lowest BCUT2D eigenvalue weighted by Crippen LogP contribution is -2.02. The zero-order chi connectivity index (χ0) is 13.4. The topological polar surface area (TPSA) is 27.7 Å². The largest absolute Gasteiger partial charge is 0.493 e. The molecular weight excluding hydrogens is 248 g/mol. The fourth-order valence-corrected chi connectivity index (χ4v) is 1.94. The van der Waals surface area contributed by atoms with Gasteiger partial charge in [-0.15, -0.1) is 0 Å². The van der Waals surface area contributed by atoms with E-state index >= 15 is 0 Å². The molecule has 0 spiro atoms. The normalized spacial score (nSPS) is 10.2. The molecule has 3 nitrogen and oxygen atoms in total. The number of thiol groups is 1. The zero-order valence-electron chi connectivity index (χ0n) is 11.4. The molecule has 0 bridgehead atoms. The van der Waals surface area contributed by atoms with Gasteiger partial charge in [0.15, 0.2) is 11.5 Å². The minimum absolute atomic E-state index is 0.670. The number of unbranched alkanes of at least 4 members (excludes halogenated alkanes) is 2. The number of ether oxygens (including phenoxy) is 3. The Morgan fingerprint density at radius 1 is 1.00 bits per heavy atom. The summed E-state index contributed by atoms with van der Waals surface area (Å²) in [5, 5.41) is 0. The van der Waals surface area contributed by atoms with Crippen molar-refractivity contribution in [2.45, 2.75) is 26.2 Å². The van der Waals surface area contributed by atoms with E-state index < -0.39 is 0 Å². The second kappa shape index (κ2) is 8.14. The molecule has 0 saturated carbocycles. The lowest BCUT2D eigenvalue weighted by molar-refractivity contribution is 0.268. The van der Waals surface area contributed by atoms with Crippen molar-refractivity contribution in [3.63, 3.8) is 0 Å². The summed E-state index contributed by atoms with van der Waals surface area (Å²) in [6.07, 6.45) is 3.26. The molecular formula is C14H22O3S. The molecule has 102 valence electrons. The minimum Gasteiger partial charge on any atom is -0.493 e. The highest BCUT2D eigenvalue weighted by Gasteiger charge is 2.12. The summed E-state index contributed by atoms with van der Waals surface area (Å²) in [4.78, 5) is 0. The fraction of sp³-hybridized carbons (Fsp3) is 0.571. The number of hydrogen-bond donors (Lipinski definition) is 1. The van der Waals surface area contributed by atoms with E-state index in [0.29, 0.717) is 12.4 Å². The molecule has 0 fully saturated rings. The predicted octanol–water partition coefficient (Wildman–Crippen LogP) is 3.49. The molecule has 1 aromatic rings. The van der Waals surface area contributed by atoms with Gasteiger partial charge in [0.05, 0.1) is 20.8 Å². The molecule has 0 amide bonds. The average Bonchev–Trinajstić information content (AvgIpc) is 2.39. The van der Waals surface area contributed by atoms with Crippen LogP contribution in [0.5, 0.6) is 17.2 Å². The van der Waals surface area contributed by atoms with Crippen LogP contribution in [0, 0.1) is 6.92 Å². The third-order valence-electron chi connectivity index (χ3n) is 2.65. The predicted molar refractivity (Wildman–Crippen MR) is 77.5 cm³/mol. The Morgan fingerprint density at radius 2 is 1.61 bits per heavy atom. The Balaban J connectivity index is 2.67. The number of hydrogen-bond acceptors (Lipinski definition) is 4. The molecule has 0 aliphatic carbocycles. The third kappa shape index (κ3) is 4.33. The van der Waals surface area contributed by atoms with Crippen molar-refractivity contribution >= 4 is 12.6 Å². The molecule has 0 radical (unpaired) electrons. The van der Waals surface area contributed by atoms with Gasteiger partial charge < -0.3 is 14.2 Å². The number of methoxy groups -OCH3 is 2. The Hall–Kier alpha value is -1.03. The highest BCUT2D eigenvalue weighted by molar-refractivity contribution is 7.80. The van der Waals surface area contributed by atoms with Crippen LogP contribution in [0.4, 0.5) is 0 Å². The van der Waals surface area contributed by atoms with Gasteiger partial charge in [-0.25, -0.2) is 0 Å². The van der Waals surface area contributed by atoms with Crippen LogP contribution in [0.1, 0.15) is 24.8 Å². The van der Waals surface area contributed by atoms with Crippen LogP contribution in [0.3, 0.4) is 0 Å². The van der Waals surface area contributed by atoms with Gasteiger partial charge in [0.1, 0.15) is 0 Å². The number of rotatable bonds is 8. The van der Waals surface area contributed by atoms with E-state index in [4.69, 9.17) is 14.2 Å². The van der Waals surface area contributed by atoms with E-state index in [1.165, 1.54) is 0 Å². The van der Waals surface area contributed by atoms with Crippen molar-refractivity contribution in [3.05, 3.63) is 17.7 Å². The summed E-state index contributed by atoms with van der Waals surface area (Å²) in [6.45, 7) is 2.67. The SMILES string of the molecule is COc1cc(C)cc(OC)c1OCCCCCS. The maximum atomic E-state index is 5.78. The van der Waals surface area contributed by atoms with Gasteiger partial charge in [-0.2, -0.15) is 12.6 Å². The zero-order valence-corrected chi connectivity index (χ0v) is 12.3. The quantitative estimate of drug-likeness (QED) is 0.579. The summed E-state index contributed by atoms with van der Waals surface area (Å²) in [5.74, 6) is 3.07. The monoisotopic (exact) mass is 270 g/mol. The Kier molecular flexibility index (Phi) is 6.80. The van der Waals surface area contributed by atoms with Crippen molar-refractivity contribution in [1.82, 2.24) is 0 Å². The van der Waals surface area contributed by atoms with Crippen LogP contribution in [-0.2, 0) is 0 Å². The second-order valence-corrected chi connectivity index (χ2v) is 4.58. The van der Waals surface area contributed by atoms with Crippen molar-refractivity contribution in [2.75, 3.05) is 26.6 Å². The Labute approximate surface area is 115 Å². The standard InChI is InChI=1S/C14H22O3S/c1-11-9-12(15-2)14(13(10-11)16-3)17-7-5-4-6-8-18/h9-10,18H,4-8H2,1-3H3. The van der Waals surface area contributed by atoms with E-state index in [1.807, 2.05) is 19.1 Å². The van der Waals surface area contributed by atoms with E-state index in [1.54, 1.807) is 14.2 Å². The molecule has 0 aromatic heterocycles. The molecule has 0 heterocycles. The fourth-order valence-electron chi connectivity index (χ4n) is 1.72. The summed E-state index contributed by atoms with van der Waals surface area (Å²) < 4.78 is 16.4. The average molecular weight is 270 g/mol. The van der Waals surface area contributed by atoms with Crippen molar-refractivity contribution in [1.29, 1.82) is 0 Å². The molecule has 0 aliphatic rings. The molecule has 0 saturated heterocycles. The first kappa shape index (κ1) is 15.0. The van der Waals surface area contributed by atoms with E-state index in [2.05, 4.69) is 12.6 Å². The Morgan fingerprint density at radius 3 is 2.11 bits per heavy atom. The van der Waals surface area contributed by atoms with Gasteiger partial charge in [0.25, 0.3) is 0 Å². The Bertz CT molecular complexity index is 341. The highest BCUT2D eigenvalue weighted by Crippen LogP contribution is 2.38. The summed E-state index contributed by atoms with van der Waals surface area (Å²) in [7, 11) is 3.28. The van der Waals surface area contributed by atoms with Crippen LogP contribution in [-0.4, -0.2) is 26.6 Å². The van der Waals surface area contributed by atoms with Gasteiger partial charge in [-0.05, 0) is 49.6 Å². The minimum atomic E-state index is 0.670. The first-order chi connectivity index (χ1) is 8.72. The van der Waals surface area contributed by atoms with E-state index in [9.17, 15) is 0 Å². The van der Waals surface area contributed by atoms with Crippen LogP contribution in [0.25, 0.3) is 0 Å². The first-order valence-corrected chi connectivity index (χ1v) is 6.82. The van der Waals surface area contributed by atoms with Gasteiger partial charge in [0, 0.05) is 0 Å². The lowest BCUT2D eigenvalue weighted by atomic mass is 10.2. The molecule has 0 atom stereocenters. The smallest absolute Gasteiger partial charge is 0.203 e. The van der Waals surface area contributed by atoms with E-state index in [-0.39, 0.29) is 0 Å². The van der Waals surface area contributed by atoms with Crippen LogP contribution in [0.2, 0.25) is 0 Å². The van der Waals surface area contributed by atoms with Crippen LogP contribution in [0.15, 0.2) is 12.1 Å². The molecule has 0 aliphatic heterocycles. The molecule has 1 aromatic carbocycles. The maximum absolute atomic E-state index is 5.78. The number of aryl methyl sites for hydroxylation is 1. The molecule has 0 unspecified atom stereocenters. The van der Waals surface area contributed by atoms with Gasteiger partial charge in [-0.1, -0.05) is 0 Å². The molecule has 18 heavy (non-hydrogen) atoms. The molecule has 4 heteroatoms. The van der Waals surface area contributed by atoms with Gasteiger partial charge in [0.2, 0.25) is 5.75 Å². The second-order valence-electron chi connectivity index (χ2n) is 4.13. The summed E-state index contributed by atoms with van der Waals surface area (Å²) in [6, 6.07) is 3.90. The van der Waals surface area contributed by atoms with E-state index in [0.717, 1.165) is 42.1 Å². The molecule has 1 rings (SSSR count). The summed E-state index contributed by atoms with van der Waals surface area (Å²) >= 11 is 4.19. The molecule has 0 N–H and O–H groups in total. The lowest BCUT2D eigenvalue weighted by Gasteiger charge is -2.15. The first-order valence-electron chi connectivity index (χ1n) is 6.19. The summed E-state index contributed by atoms with van der Waals surface area (Å²) in [5.41, 5.74) is 1.09. The van der Waals surface area contributed by atoms with Crippen molar-refractivity contribution in [3.8, 4) is 17.2 Å². The van der Waals surface area contributed by atoms with Gasteiger partial charge >= 0.3 is 0 Å². The third-order valence-corrected chi connectivity index (χ3v) is 2.97. The number of benzene rings is 1. The van der Waals surface area contributed by atoms with Crippen molar-refractivity contribution in [2.24, 2.45) is 0 Å². The highest BCUT2D eigenvalue weighted by atomic mass is 32.1. The van der Waals surface area contributed by atoms with Crippen LogP contribution < -0.4 is 14.2 Å². The van der Waals surface area contributed by atoms with Crippen molar-refractivity contribution < 1.29 is 14.2 Å². The maximum Gasteiger partial charge on any atom is 0.203 e. The van der Waals surface area contributed by atoms with Crippen LogP contribution >= 0.6 is 12.6 Å². The van der Waals surface area contributed by atoms with Gasteiger partial charge in [-0.3, -0.25) is 0 Å².